The molecule has 0 fully saturated rings. The van der Waals surface area contributed by atoms with Crippen LogP contribution in [0.2, 0.25) is 0 Å². The summed E-state index contributed by atoms with van der Waals surface area (Å²) in [6, 6.07) is 21.9. The van der Waals surface area contributed by atoms with Crippen molar-refractivity contribution in [2.24, 2.45) is 0 Å². The number of nitrogens with zero attached hydrogens (tertiary/aromatic N) is 1. The third kappa shape index (κ3) is 6.37. The first kappa shape index (κ1) is 22.9. The number of hydrogen-bond acceptors (Lipinski definition) is 4. The Labute approximate surface area is 197 Å². The number of methoxy groups -OCH3 is 2. The minimum Gasteiger partial charge on any atom is -0.493 e. The van der Waals surface area contributed by atoms with Crippen LogP contribution >= 0.6 is 22.6 Å². The topological polar surface area (TPSA) is 48.0 Å². The van der Waals surface area contributed by atoms with Crippen LogP contribution < -0.4 is 14.2 Å². The summed E-state index contributed by atoms with van der Waals surface area (Å²) in [5, 5.41) is 0. The number of benzene rings is 3. The van der Waals surface area contributed by atoms with Gasteiger partial charge in [-0.2, -0.15) is 0 Å². The monoisotopic (exact) mass is 531 g/mol. The largest absolute Gasteiger partial charge is 0.493 e. The highest BCUT2D eigenvalue weighted by Gasteiger charge is 2.11. The molecule has 0 spiro atoms. The Hall–Kier alpha value is -2.74. The molecule has 0 aliphatic rings. The second kappa shape index (κ2) is 11.0. The molecular weight excluding hydrogens is 505 g/mol. The van der Waals surface area contributed by atoms with Crippen LogP contribution in [0.3, 0.4) is 0 Å². The van der Waals surface area contributed by atoms with Gasteiger partial charge in [0, 0.05) is 17.2 Å². The molecule has 0 aromatic heterocycles. The van der Waals surface area contributed by atoms with Crippen molar-refractivity contribution in [1.82, 2.24) is 4.90 Å². The Morgan fingerprint density at radius 2 is 1.48 bits per heavy atom. The van der Waals surface area contributed by atoms with E-state index in [-0.39, 0.29) is 12.5 Å². The first-order valence-electron chi connectivity index (χ1n) is 9.94. The van der Waals surface area contributed by atoms with Crippen molar-refractivity contribution in [2.45, 2.75) is 6.42 Å². The predicted octanol–water partition coefficient (Wildman–Crippen LogP) is 5.06. The van der Waals surface area contributed by atoms with Crippen LogP contribution in [-0.2, 0) is 11.2 Å². The first-order valence-corrected chi connectivity index (χ1v) is 11.0. The summed E-state index contributed by atoms with van der Waals surface area (Å²) >= 11 is 2.29. The van der Waals surface area contributed by atoms with Crippen LogP contribution in [0, 0.1) is 3.57 Å². The zero-order valence-corrected chi connectivity index (χ0v) is 20.1. The van der Waals surface area contributed by atoms with E-state index in [2.05, 4.69) is 46.9 Å². The van der Waals surface area contributed by atoms with Crippen LogP contribution in [0.15, 0.2) is 66.7 Å². The van der Waals surface area contributed by atoms with Crippen LogP contribution in [0.5, 0.6) is 17.2 Å². The molecule has 3 aromatic carbocycles. The summed E-state index contributed by atoms with van der Waals surface area (Å²) in [6.07, 6.45) is 0.716. The molecule has 0 radical (unpaired) electrons. The van der Waals surface area contributed by atoms with Gasteiger partial charge in [0.25, 0.3) is 5.91 Å². The fourth-order valence-electron chi connectivity index (χ4n) is 3.10. The van der Waals surface area contributed by atoms with Crippen LogP contribution in [0.1, 0.15) is 5.56 Å². The number of hydrogen-bond donors (Lipinski definition) is 0. The molecule has 6 heteroatoms. The third-order valence-electron chi connectivity index (χ3n) is 5.00. The lowest BCUT2D eigenvalue weighted by Gasteiger charge is -2.18. The van der Waals surface area contributed by atoms with E-state index >= 15 is 0 Å². The lowest BCUT2D eigenvalue weighted by atomic mass is 10.1. The molecule has 0 aliphatic heterocycles. The standard InChI is InChI=1S/C25H26INO4/c1-27(15-14-18-4-13-23(29-2)24(16-18)30-3)25(28)17-31-22-11-7-20(8-12-22)19-5-9-21(26)10-6-19/h4-13,16H,14-15,17H2,1-3H3. The normalized spacial score (nSPS) is 10.5. The number of ether oxygens (including phenoxy) is 3. The highest BCUT2D eigenvalue weighted by Crippen LogP contribution is 2.28. The van der Waals surface area contributed by atoms with E-state index in [1.807, 2.05) is 42.5 Å². The van der Waals surface area contributed by atoms with Crippen LogP contribution in [0.4, 0.5) is 0 Å². The van der Waals surface area contributed by atoms with Crippen molar-refractivity contribution in [1.29, 1.82) is 0 Å². The van der Waals surface area contributed by atoms with Crippen molar-refractivity contribution in [2.75, 3.05) is 34.4 Å². The minimum atomic E-state index is -0.0674. The van der Waals surface area contributed by atoms with Gasteiger partial charge < -0.3 is 19.1 Å². The van der Waals surface area contributed by atoms with E-state index in [0.29, 0.717) is 30.2 Å². The fourth-order valence-corrected chi connectivity index (χ4v) is 3.46. The zero-order chi connectivity index (χ0) is 22.2. The molecular formula is C25H26INO4. The van der Waals surface area contributed by atoms with E-state index in [4.69, 9.17) is 14.2 Å². The molecule has 0 unspecified atom stereocenters. The molecule has 0 aliphatic carbocycles. The van der Waals surface area contributed by atoms with Crippen LogP contribution in [0.25, 0.3) is 11.1 Å². The maximum atomic E-state index is 12.4. The lowest BCUT2D eigenvalue weighted by Crippen LogP contribution is -2.33. The Kier molecular flexibility index (Phi) is 8.17. The molecule has 3 rings (SSSR count). The molecule has 31 heavy (non-hydrogen) atoms. The SMILES string of the molecule is COc1ccc(CCN(C)C(=O)COc2ccc(-c3ccc(I)cc3)cc2)cc1OC. The van der Waals surface area contributed by atoms with Crippen molar-refractivity contribution < 1.29 is 19.0 Å². The van der Waals surface area contributed by atoms with Crippen molar-refractivity contribution >= 4 is 28.5 Å². The number of rotatable bonds is 9. The summed E-state index contributed by atoms with van der Waals surface area (Å²) < 4.78 is 17.5. The van der Waals surface area contributed by atoms with Gasteiger partial charge in [0.05, 0.1) is 14.2 Å². The lowest BCUT2D eigenvalue weighted by molar-refractivity contribution is -0.132. The average molecular weight is 531 g/mol. The van der Waals surface area contributed by atoms with E-state index in [1.165, 1.54) is 3.57 Å². The van der Waals surface area contributed by atoms with E-state index in [1.54, 1.807) is 26.2 Å². The molecule has 1 amide bonds. The summed E-state index contributed by atoms with van der Waals surface area (Å²) in [5.41, 5.74) is 3.34. The Morgan fingerprint density at radius 1 is 0.871 bits per heavy atom. The smallest absolute Gasteiger partial charge is 0.260 e. The van der Waals surface area contributed by atoms with Gasteiger partial charge >= 0.3 is 0 Å². The summed E-state index contributed by atoms with van der Waals surface area (Å²) in [5.74, 6) is 1.99. The van der Waals surface area contributed by atoms with Gasteiger partial charge in [0.15, 0.2) is 18.1 Å². The second-order valence-electron chi connectivity index (χ2n) is 7.07. The van der Waals surface area contributed by atoms with Gasteiger partial charge in [-0.25, -0.2) is 0 Å². The highest BCUT2D eigenvalue weighted by atomic mass is 127. The molecule has 0 atom stereocenters. The van der Waals surface area contributed by atoms with Crippen LogP contribution in [-0.4, -0.2) is 45.2 Å². The van der Waals surface area contributed by atoms with Gasteiger partial charge in [0.1, 0.15) is 5.75 Å². The van der Waals surface area contributed by atoms with Gasteiger partial charge in [-0.15, -0.1) is 0 Å². The average Bonchev–Trinajstić information content (AvgIpc) is 2.81. The number of carbonyl (C=O) groups excluding carboxylic acids is 1. The molecule has 0 N–H and O–H groups in total. The second-order valence-corrected chi connectivity index (χ2v) is 8.32. The Balaban J connectivity index is 1.49. The van der Waals surface area contributed by atoms with Crippen molar-refractivity contribution in [3.63, 3.8) is 0 Å². The van der Waals surface area contributed by atoms with E-state index in [0.717, 1.165) is 16.7 Å². The van der Waals surface area contributed by atoms with Gasteiger partial charge in [-0.3, -0.25) is 4.79 Å². The number of halogens is 1. The number of carbonyl (C=O) groups is 1. The van der Waals surface area contributed by atoms with E-state index < -0.39 is 0 Å². The summed E-state index contributed by atoms with van der Waals surface area (Å²) in [7, 11) is 5.01. The molecule has 0 bridgehead atoms. The van der Waals surface area contributed by atoms with Gasteiger partial charge in [-0.05, 0) is 82.1 Å². The molecule has 0 heterocycles. The number of amides is 1. The molecule has 3 aromatic rings. The van der Waals surface area contributed by atoms with Gasteiger partial charge in [-0.1, -0.05) is 30.3 Å². The van der Waals surface area contributed by atoms with Crippen molar-refractivity contribution in [3.05, 3.63) is 75.9 Å². The molecule has 162 valence electrons. The van der Waals surface area contributed by atoms with E-state index in [9.17, 15) is 4.79 Å². The fraction of sp³-hybridized carbons (Fsp3) is 0.240. The molecule has 0 saturated heterocycles. The minimum absolute atomic E-state index is 0.00527. The quantitative estimate of drug-likeness (QED) is 0.363. The highest BCUT2D eigenvalue weighted by molar-refractivity contribution is 14.1. The zero-order valence-electron chi connectivity index (χ0n) is 17.9. The summed E-state index contributed by atoms with van der Waals surface area (Å²) in [4.78, 5) is 14.1. The molecule has 0 saturated carbocycles. The maximum Gasteiger partial charge on any atom is 0.260 e. The first-order chi connectivity index (χ1) is 15.0. The Bertz CT molecular complexity index is 1000. The maximum absolute atomic E-state index is 12.4. The molecule has 5 nitrogen and oxygen atoms in total. The van der Waals surface area contributed by atoms with Crippen molar-refractivity contribution in [3.8, 4) is 28.4 Å². The summed E-state index contributed by atoms with van der Waals surface area (Å²) in [6.45, 7) is 0.592. The number of likely N-dealkylation sites (N-methyl/N-ethyl adjacent to an activating group) is 1. The third-order valence-corrected chi connectivity index (χ3v) is 5.72. The predicted molar refractivity (Wildman–Crippen MR) is 131 cm³/mol. The van der Waals surface area contributed by atoms with Gasteiger partial charge in [0.2, 0.25) is 0 Å². The Morgan fingerprint density at radius 3 is 2.10 bits per heavy atom.